The van der Waals surface area contributed by atoms with E-state index >= 15 is 0 Å². The molecule has 1 atom stereocenters. The minimum atomic E-state index is -1.35. The largest absolute Gasteiger partial charge is 0.351 e. The summed E-state index contributed by atoms with van der Waals surface area (Å²) in [6.07, 6.45) is 0. The van der Waals surface area contributed by atoms with Crippen molar-refractivity contribution in [1.29, 1.82) is 0 Å². The van der Waals surface area contributed by atoms with E-state index in [-0.39, 0.29) is 24.0 Å². The van der Waals surface area contributed by atoms with Crippen molar-refractivity contribution >= 4 is 16.7 Å². The van der Waals surface area contributed by atoms with Crippen LogP contribution in [0.1, 0.15) is 5.56 Å². The standard InChI is InChI=1S/C9H8FNO2S/c10-7-1-2-8-6(3-7)4-11-9(12)5-14(8)13/h1-3H,4-5H2,(H,11,12). The molecule has 0 saturated carbocycles. The summed E-state index contributed by atoms with van der Waals surface area (Å²) in [5, 5.41) is 2.56. The van der Waals surface area contributed by atoms with E-state index in [4.69, 9.17) is 0 Å². The number of amides is 1. The Bertz CT molecular complexity index is 419. The van der Waals surface area contributed by atoms with Gasteiger partial charge in [-0.15, -0.1) is 0 Å². The van der Waals surface area contributed by atoms with Gasteiger partial charge in [0.1, 0.15) is 11.6 Å². The highest BCUT2D eigenvalue weighted by Gasteiger charge is 2.18. The molecule has 1 heterocycles. The molecular weight excluding hydrogens is 205 g/mol. The van der Waals surface area contributed by atoms with Crippen molar-refractivity contribution in [2.45, 2.75) is 11.4 Å². The monoisotopic (exact) mass is 213 g/mol. The molecule has 1 unspecified atom stereocenters. The molecule has 1 N–H and O–H groups in total. The summed E-state index contributed by atoms with van der Waals surface area (Å²) in [7, 11) is -1.35. The van der Waals surface area contributed by atoms with Crippen LogP contribution in [0, 0.1) is 5.82 Å². The normalized spacial score (nSPS) is 20.9. The van der Waals surface area contributed by atoms with E-state index in [2.05, 4.69) is 5.32 Å². The average Bonchev–Trinajstić information content (AvgIpc) is 2.26. The minimum absolute atomic E-state index is 0.0430. The highest BCUT2D eigenvalue weighted by atomic mass is 32.2. The van der Waals surface area contributed by atoms with Gasteiger partial charge < -0.3 is 5.32 Å². The Hall–Kier alpha value is -1.23. The van der Waals surface area contributed by atoms with Crippen molar-refractivity contribution < 1.29 is 13.4 Å². The molecule has 0 aromatic heterocycles. The van der Waals surface area contributed by atoms with E-state index < -0.39 is 10.8 Å². The number of benzene rings is 1. The third kappa shape index (κ3) is 1.68. The quantitative estimate of drug-likeness (QED) is 0.684. The molecule has 0 bridgehead atoms. The number of nitrogens with one attached hydrogen (secondary N) is 1. The molecule has 2 rings (SSSR count). The SMILES string of the molecule is O=C1CS(=O)c2ccc(F)cc2CN1. The first kappa shape index (κ1) is 9.33. The predicted molar refractivity (Wildman–Crippen MR) is 49.5 cm³/mol. The van der Waals surface area contributed by atoms with E-state index in [0.29, 0.717) is 10.5 Å². The van der Waals surface area contributed by atoms with Crippen molar-refractivity contribution in [1.82, 2.24) is 5.32 Å². The van der Waals surface area contributed by atoms with Crippen molar-refractivity contribution in [3.8, 4) is 0 Å². The Balaban J connectivity index is 2.48. The summed E-state index contributed by atoms with van der Waals surface area (Å²) in [6, 6.07) is 4.03. The Morgan fingerprint density at radius 1 is 1.43 bits per heavy atom. The van der Waals surface area contributed by atoms with Crippen LogP contribution in [0.25, 0.3) is 0 Å². The van der Waals surface area contributed by atoms with Gasteiger partial charge in [-0.2, -0.15) is 0 Å². The number of hydrogen-bond acceptors (Lipinski definition) is 2. The lowest BCUT2D eigenvalue weighted by Gasteiger charge is -2.03. The van der Waals surface area contributed by atoms with Gasteiger partial charge in [0, 0.05) is 11.4 Å². The zero-order valence-corrected chi connectivity index (χ0v) is 8.07. The summed E-state index contributed by atoms with van der Waals surface area (Å²) >= 11 is 0. The van der Waals surface area contributed by atoms with Crippen LogP contribution in [-0.2, 0) is 22.1 Å². The molecule has 0 fully saturated rings. The van der Waals surface area contributed by atoms with Gasteiger partial charge in [-0.25, -0.2) is 4.39 Å². The van der Waals surface area contributed by atoms with Gasteiger partial charge in [-0.3, -0.25) is 9.00 Å². The summed E-state index contributed by atoms with van der Waals surface area (Å²) in [6.45, 7) is 0.248. The lowest BCUT2D eigenvalue weighted by molar-refractivity contribution is -0.118. The second-order valence-electron chi connectivity index (χ2n) is 3.02. The summed E-state index contributed by atoms with van der Waals surface area (Å²) in [5.74, 6) is -0.685. The third-order valence-electron chi connectivity index (χ3n) is 2.01. The molecule has 14 heavy (non-hydrogen) atoms. The van der Waals surface area contributed by atoms with E-state index in [1.807, 2.05) is 0 Å². The van der Waals surface area contributed by atoms with Gasteiger partial charge in [0.15, 0.2) is 0 Å². The van der Waals surface area contributed by atoms with Crippen molar-refractivity contribution in [2.24, 2.45) is 0 Å². The lowest BCUT2D eigenvalue weighted by Crippen LogP contribution is -2.24. The van der Waals surface area contributed by atoms with Crippen LogP contribution >= 0.6 is 0 Å². The molecule has 74 valence electrons. The van der Waals surface area contributed by atoms with Crippen LogP contribution in [-0.4, -0.2) is 15.9 Å². The molecule has 0 radical (unpaired) electrons. The Morgan fingerprint density at radius 2 is 2.21 bits per heavy atom. The molecule has 1 aromatic rings. The average molecular weight is 213 g/mol. The highest BCUT2D eigenvalue weighted by Crippen LogP contribution is 2.17. The van der Waals surface area contributed by atoms with Crippen LogP contribution in [0.5, 0.6) is 0 Å². The fourth-order valence-electron chi connectivity index (χ4n) is 1.35. The first-order valence-corrected chi connectivity index (χ1v) is 5.42. The molecule has 1 aliphatic heterocycles. The van der Waals surface area contributed by atoms with Gasteiger partial charge in [-0.1, -0.05) is 0 Å². The minimum Gasteiger partial charge on any atom is -0.351 e. The van der Waals surface area contributed by atoms with Crippen LogP contribution in [0.3, 0.4) is 0 Å². The Kier molecular flexibility index (Phi) is 2.33. The second-order valence-corrected chi connectivity index (χ2v) is 4.44. The number of rotatable bonds is 0. The van der Waals surface area contributed by atoms with Gasteiger partial charge in [-0.05, 0) is 23.8 Å². The van der Waals surface area contributed by atoms with Crippen LogP contribution in [0.4, 0.5) is 4.39 Å². The topological polar surface area (TPSA) is 46.2 Å². The number of fused-ring (bicyclic) bond motifs is 1. The zero-order chi connectivity index (χ0) is 10.1. The first-order valence-electron chi connectivity index (χ1n) is 4.10. The third-order valence-corrected chi connectivity index (χ3v) is 3.42. The highest BCUT2D eigenvalue weighted by molar-refractivity contribution is 7.85. The van der Waals surface area contributed by atoms with Crippen molar-refractivity contribution in [3.05, 3.63) is 29.6 Å². The molecular formula is C9H8FNO2S. The molecule has 5 heteroatoms. The molecule has 1 aromatic carbocycles. The van der Waals surface area contributed by atoms with E-state index in [9.17, 15) is 13.4 Å². The van der Waals surface area contributed by atoms with Gasteiger partial charge in [0.25, 0.3) is 0 Å². The fraction of sp³-hybridized carbons (Fsp3) is 0.222. The fourth-order valence-corrected chi connectivity index (χ4v) is 2.49. The maximum Gasteiger partial charge on any atom is 0.233 e. The molecule has 0 aliphatic carbocycles. The molecule has 0 spiro atoms. The number of carbonyl (C=O) groups is 1. The van der Waals surface area contributed by atoms with Crippen LogP contribution in [0.15, 0.2) is 23.1 Å². The van der Waals surface area contributed by atoms with Crippen molar-refractivity contribution in [3.63, 3.8) is 0 Å². The maximum atomic E-state index is 12.8. The van der Waals surface area contributed by atoms with E-state index in [1.165, 1.54) is 18.2 Å². The Labute approximate surface area is 82.8 Å². The summed E-state index contributed by atoms with van der Waals surface area (Å²) in [4.78, 5) is 11.6. The second kappa shape index (κ2) is 3.49. The van der Waals surface area contributed by atoms with Crippen LogP contribution < -0.4 is 5.32 Å². The van der Waals surface area contributed by atoms with Gasteiger partial charge in [0.05, 0.1) is 10.8 Å². The van der Waals surface area contributed by atoms with Crippen molar-refractivity contribution in [2.75, 3.05) is 5.75 Å². The van der Waals surface area contributed by atoms with E-state index in [1.54, 1.807) is 0 Å². The number of halogens is 1. The zero-order valence-electron chi connectivity index (χ0n) is 7.25. The predicted octanol–water partition coefficient (Wildman–Crippen LogP) is 0.563. The maximum absolute atomic E-state index is 12.8. The van der Waals surface area contributed by atoms with Gasteiger partial charge >= 0.3 is 0 Å². The lowest BCUT2D eigenvalue weighted by atomic mass is 10.2. The summed E-state index contributed by atoms with van der Waals surface area (Å²) in [5.41, 5.74) is 0.592. The van der Waals surface area contributed by atoms with E-state index in [0.717, 1.165) is 0 Å². The number of hydrogen-bond donors (Lipinski definition) is 1. The molecule has 1 aliphatic rings. The smallest absolute Gasteiger partial charge is 0.233 e. The van der Waals surface area contributed by atoms with Gasteiger partial charge in [0.2, 0.25) is 5.91 Å². The molecule has 0 saturated heterocycles. The summed E-state index contributed by atoms with van der Waals surface area (Å²) < 4.78 is 24.4. The van der Waals surface area contributed by atoms with Crippen LogP contribution in [0.2, 0.25) is 0 Å². The molecule has 1 amide bonds. The molecule has 3 nitrogen and oxygen atoms in total. The number of carbonyl (C=O) groups excluding carboxylic acids is 1. The Morgan fingerprint density at radius 3 is 3.00 bits per heavy atom. The first-order chi connectivity index (χ1) is 6.66.